The summed E-state index contributed by atoms with van der Waals surface area (Å²) in [5, 5.41) is 9.53. The molecule has 1 saturated heterocycles. The molecule has 1 aromatic carbocycles. The average Bonchev–Trinajstić information content (AvgIpc) is 3.27. The molecule has 4 rings (SSSR count). The molecule has 27 heavy (non-hydrogen) atoms. The van der Waals surface area contributed by atoms with Gasteiger partial charge in [-0.2, -0.15) is 5.10 Å². The molecule has 2 N–H and O–H groups in total. The number of benzene rings is 1. The molecule has 8 heteroatoms. The summed E-state index contributed by atoms with van der Waals surface area (Å²) in [4.78, 5) is 26.1. The summed E-state index contributed by atoms with van der Waals surface area (Å²) in [7, 11) is 0. The molecule has 2 heterocycles. The minimum atomic E-state index is -0.443. The molecule has 7 nitrogen and oxygen atoms in total. The normalized spacial score (nSPS) is 19.4. The van der Waals surface area contributed by atoms with Crippen molar-refractivity contribution in [2.24, 2.45) is 5.92 Å². The number of likely N-dealkylation sites (tertiary alicyclic amines) is 1. The van der Waals surface area contributed by atoms with E-state index >= 15 is 0 Å². The Labute approximate surface area is 155 Å². The van der Waals surface area contributed by atoms with Crippen LogP contribution in [0.4, 0.5) is 4.39 Å². The number of nitrogens with zero attached hydrogens (tertiary/aromatic N) is 2. The smallest absolute Gasteiger partial charge is 0.271 e. The Morgan fingerprint density at radius 1 is 1.37 bits per heavy atom. The number of H-pyrrole nitrogens is 1. The lowest BCUT2D eigenvalue weighted by Gasteiger charge is -2.15. The summed E-state index contributed by atoms with van der Waals surface area (Å²) >= 11 is 0. The summed E-state index contributed by atoms with van der Waals surface area (Å²) in [6.07, 6.45) is 2.67. The second-order valence-corrected chi connectivity index (χ2v) is 7.05. The third-order valence-electron chi connectivity index (χ3n) is 4.86. The number of aromatic amines is 1. The van der Waals surface area contributed by atoms with Crippen molar-refractivity contribution in [3.8, 4) is 5.75 Å². The van der Waals surface area contributed by atoms with Crippen molar-refractivity contribution in [3.63, 3.8) is 0 Å². The number of hydrogen-bond acceptors (Lipinski definition) is 4. The summed E-state index contributed by atoms with van der Waals surface area (Å²) in [5.41, 5.74) is 0.810. The van der Waals surface area contributed by atoms with Gasteiger partial charge in [0.25, 0.3) is 5.91 Å². The van der Waals surface area contributed by atoms with E-state index in [-0.39, 0.29) is 35.8 Å². The lowest BCUT2D eigenvalue weighted by Crippen LogP contribution is -2.32. The van der Waals surface area contributed by atoms with Crippen LogP contribution in [-0.4, -0.2) is 46.0 Å². The number of rotatable bonds is 7. The molecule has 2 aromatic rings. The van der Waals surface area contributed by atoms with E-state index in [1.165, 1.54) is 12.1 Å². The predicted octanol–water partition coefficient (Wildman–Crippen LogP) is 1.87. The Hall–Kier alpha value is -2.90. The number of para-hydroxylation sites is 1. The van der Waals surface area contributed by atoms with Crippen LogP contribution in [0.1, 0.15) is 35.4 Å². The molecular weight excluding hydrogens is 351 g/mol. The summed E-state index contributed by atoms with van der Waals surface area (Å²) in [5.74, 6) is -0.278. The number of ether oxygens (including phenoxy) is 1. The molecule has 1 saturated carbocycles. The number of carbonyl (C=O) groups excluding carboxylic acids is 2. The van der Waals surface area contributed by atoms with Crippen molar-refractivity contribution in [1.82, 2.24) is 20.4 Å². The number of hydrogen-bond donors (Lipinski definition) is 2. The Bertz CT molecular complexity index is 849. The maximum atomic E-state index is 13.5. The van der Waals surface area contributed by atoms with Gasteiger partial charge in [0.2, 0.25) is 5.91 Å². The third-order valence-corrected chi connectivity index (χ3v) is 4.86. The van der Waals surface area contributed by atoms with Crippen LogP contribution in [0.25, 0.3) is 0 Å². The van der Waals surface area contributed by atoms with E-state index in [1.807, 2.05) is 4.90 Å². The molecule has 1 aromatic heterocycles. The van der Waals surface area contributed by atoms with Crippen molar-refractivity contribution in [2.45, 2.75) is 31.9 Å². The largest absolute Gasteiger partial charge is 0.484 e. The van der Waals surface area contributed by atoms with E-state index in [1.54, 1.807) is 18.2 Å². The molecule has 0 radical (unpaired) electrons. The maximum absolute atomic E-state index is 13.5. The molecule has 2 aliphatic rings. The first-order valence-corrected chi connectivity index (χ1v) is 9.09. The van der Waals surface area contributed by atoms with Gasteiger partial charge in [-0.05, 0) is 31.0 Å². The first kappa shape index (κ1) is 17.5. The van der Waals surface area contributed by atoms with Crippen LogP contribution in [0, 0.1) is 11.7 Å². The van der Waals surface area contributed by atoms with Crippen LogP contribution >= 0.6 is 0 Å². The molecule has 0 unspecified atom stereocenters. The zero-order chi connectivity index (χ0) is 18.8. The molecule has 2 fully saturated rings. The first-order chi connectivity index (χ1) is 13.1. The monoisotopic (exact) mass is 372 g/mol. The van der Waals surface area contributed by atoms with Crippen molar-refractivity contribution < 1.29 is 18.7 Å². The molecule has 0 bridgehead atoms. The van der Waals surface area contributed by atoms with E-state index in [4.69, 9.17) is 4.74 Å². The number of aromatic nitrogens is 2. The van der Waals surface area contributed by atoms with Gasteiger partial charge in [0.1, 0.15) is 12.3 Å². The van der Waals surface area contributed by atoms with Crippen molar-refractivity contribution in [3.05, 3.63) is 47.5 Å². The van der Waals surface area contributed by atoms with Gasteiger partial charge in [-0.15, -0.1) is 0 Å². The predicted molar refractivity (Wildman–Crippen MR) is 94.5 cm³/mol. The number of halogens is 1. The fourth-order valence-electron chi connectivity index (χ4n) is 3.28. The van der Waals surface area contributed by atoms with E-state index < -0.39 is 5.82 Å². The van der Waals surface area contributed by atoms with Crippen LogP contribution in [0.2, 0.25) is 0 Å². The van der Waals surface area contributed by atoms with E-state index in [2.05, 4.69) is 15.5 Å². The summed E-state index contributed by atoms with van der Waals surface area (Å²) in [6.45, 7) is 1.24. The highest BCUT2D eigenvalue weighted by Crippen LogP contribution is 2.32. The topological polar surface area (TPSA) is 87.3 Å². The van der Waals surface area contributed by atoms with Gasteiger partial charge in [0.05, 0.1) is 5.69 Å². The first-order valence-electron chi connectivity index (χ1n) is 9.09. The zero-order valence-electron chi connectivity index (χ0n) is 14.8. The highest BCUT2D eigenvalue weighted by molar-refractivity contribution is 5.92. The van der Waals surface area contributed by atoms with Gasteiger partial charge in [-0.1, -0.05) is 12.1 Å². The molecule has 142 valence electrons. The highest BCUT2D eigenvalue weighted by atomic mass is 19.1. The Morgan fingerprint density at radius 2 is 2.19 bits per heavy atom. The van der Waals surface area contributed by atoms with Gasteiger partial charge in [-0.25, -0.2) is 4.39 Å². The average molecular weight is 372 g/mol. The third kappa shape index (κ3) is 4.10. The Balaban J connectivity index is 1.26. The van der Waals surface area contributed by atoms with Gasteiger partial charge in [0, 0.05) is 31.5 Å². The lowest BCUT2D eigenvalue weighted by atomic mass is 10.1. The highest BCUT2D eigenvalue weighted by Gasteiger charge is 2.39. The zero-order valence-corrected chi connectivity index (χ0v) is 14.8. The summed E-state index contributed by atoms with van der Waals surface area (Å²) in [6, 6.07) is 8.12. The van der Waals surface area contributed by atoms with E-state index in [9.17, 15) is 14.0 Å². The Morgan fingerprint density at radius 3 is 2.96 bits per heavy atom. The molecule has 1 aliphatic heterocycles. The second kappa shape index (κ2) is 7.38. The fraction of sp³-hybridized carbons (Fsp3) is 0.421. The van der Waals surface area contributed by atoms with E-state index in [0.717, 1.165) is 12.8 Å². The van der Waals surface area contributed by atoms with Crippen molar-refractivity contribution in [2.75, 3.05) is 13.1 Å². The van der Waals surface area contributed by atoms with Crippen LogP contribution in [-0.2, 0) is 11.4 Å². The SMILES string of the molecule is O=C(NC[C@@H]1CC(=O)N(C2CC2)C1)c1cc(COc2ccccc2F)[nH]n1. The minimum absolute atomic E-state index is 0.0781. The quantitative estimate of drug-likeness (QED) is 0.777. The van der Waals surface area contributed by atoms with Crippen molar-refractivity contribution in [1.29, 1.82) is 0 Å². The number of carbonyl (C=O) groups is 2. The summed E-state index contributed by atoms with van der Waals surface area (Å²) < 4.78 is 18.9. The number of nitrogens with one attached hydrogen (secondary N) is 2. The van der Waals surface area contributed by atoms with Crippen LogP contribution in [0.15, 0.2) is 30.3 Å². The standard InChI is InChI=1S/C19H21FN4O3/c20-15-3-1-2-4-17(15)27-11-13-8-16(23-22-13)19(26)21-9-12-7-18(25)24(10-12)14-5-6-14/h1-4,8,12,14H,5-7,9-11H2,(H,21,26)(H,22,23)/t12-/m0/s1. The van der Waals surface area contributed by atoms with Gasteiger partial charge >= 0.3 is 0 Å². The lowest BCUT2D eigenvalue weighted by molar-refractivity contribution is -0.128. The van der Waals surface area contributed by atoms with Crippen molar-refractivity contribution >= 4 is 11.8 Å². The van der Waals surface area contributed by atoms with Gasteiger partial charge in [0.15, 0.2) is 11.6 Å². The van der Waals surface area contributed by atoms with Gasteiger partial charge in [-0.3, -0.25) is 14.7 Å². The van der Waals surface area contributed by atoms with Gasteiger partial charge < -0.3 is 15.0 Å². The van der Waals surface area contributed by atoms with Crippen LogP contribution in [0.3, 0.4) is 0 Å². The maximum Gasteiger partial charge on any atom is 0.271 e. The minimum Gasteiger partial charge on any atom is -0.484 e. The molecule has 0 spiro atoms. The van der Waals surface area contributed by atoms with Crippen LogP contribution in [0.5, 0.6) is 5.75 Å². The molecular formula is C19H21FN4O3. The molecule has 1 aliphatic carbocycles. The second-order valence-electron chi connectivity index (χ2n) is 7.05. The fourth-order valence-corrected chi connectivity index (χ4v) is 3.28. The molecule has 2 amide bonds. The Kier molecular flexibility index (Phi) is 4.79. The molecule has 1 atom stereocenters. The number of amides is 2. The van der Waals surface area contributed by atoms with E-state index in [0.29, 0.717) is 31.2 Å². The van der Waals surface area contributed by atoms with Crippen LogP contribution < -0.4 is 10.1 Å².